The van der Waals surface area contributed by atoms with E-state index in [0.29, 0.717) is 18.2 Å². The van der Waals surface area contributed by atoms with Gasteiger partial charge in [-0.1, -0.05) is 32.3 Å². The summed E-state index contributed by atoms with van der Waals surface area (Å²) < 4.78 is 5.30. The van der Waals surface area contributed by atoms with Crippen LogP contribution < -0.4 is 10.6 Å². The summed E-state index contributed by atoms with van der Waals surface area (Å²) in [6, 6.07) is 1.71. The summed E-state index contributed by atoms with van der Waals surface area (Å²) in [5.41, 5.74) is 0.738. The lowest BCUT2D eigenvalue weighted by molar-refractivity contribution is 0.121. The van der Waals surface area contributed by atoms with Crippen molar-refractivity contribution in [1.82, 2.24) is 15.8 Å². The molecule has 0 bridgehead atoms. The second kappa shape index (κ2) is 7.81. The molecule has 1 aliphatic carbocycles. The number of urea groups is 1. The topological polar surface area (TPSA) is 87.4 Å². The van der Waals surface area contributed by atoms with Crippen molar-refractivity contribution >= 4 is 6.03 Å². The van der Waals surface area contributed by atoms with Crippen molar-refractivity contribution in [1.29, 1.82) is 0 Å². The van der Waals surface area contributed by atoms with E-state index >= 15 is 0 Å². The van der Waals surface area contributed by atoms with Gasteiger partial charge >= 0.3 is 6.03 Å². The zero-order chi connectivity index (χ0) is 16.9. The first kappa shape index (κ1) is 17.8. The Morgan fingerprint density at radius 2 is 2.26 bits per heavy atom. The Kier molecular flexibility index (Phi) is 6.04. The summed E-state index contributed by atoms with van der Waals surface area (Å²) in [5, 5.41) is 19.4. The van der Waals surface area contributed by atoms with E-state index in [0.717, 1.165) is 37.8 Å². The van der Waals surface area contributed by atoms with Gasteiger partial charge in [0.15, 0.2) is 5.76 Å². The van der Waals surface area contributed by atoms with Gasteiger partial charge in [-0.25, -0.2) is 4.79 Å². The third kappa shape index (κ3) is 4.25. The van der Waals surface area contributed by atoms with Crippen molar-refractivity contribution < 1.29 is 14.4 Å². The van der Waals surface area contributed by atoms with Gasteiger partial charge in [-0.3, -0.25) is 0 Å². The highest BCUT2D eigenvalue weighted by Gasteiger charge is 2.39. The lowest BCUT2D eigenvalue weighted by Gasteiger charge is -2.30. The van der Waals surface area contributed by atoms with Crippen LogP contribution in [0.1, 0.15) is 70.2 Å². The van der Waals surface area contributed by atoms with Crippen LogP contribution in [0.15, 0.2) is 10.6 Å². The van der Waals surface area contributed by atoms with E-state index in [1.807, 2.05) is 13.0 Å². The number of hydrogen-bond acceptors (Lipinski definition) is 4. The molecule has 2 atom stereocenters. The Morgan fingerprint density at radius 3 is 2.91 bits per heavy atom. The third-order valence-electron chi connectivity index (χ3n) is 5.15. The maximum Gasteiger partial charge on any atom is 0.315 e. The molecule has 0 saturated heterocycles. The molecule has 6 nitrogen and oxygen atoms in total. The van der Waals surface area contributed by atoms with Crippen LogP contribution in [0.3, 0.4) is 0 Å². The summed E-state index contributed by atoms with van der Waals surface area (Å²) in [7, 11) is 0. The summed E-state index contributed by atoms with van der Waals surface area (Å²) in [4.78, 5) is 12.1. The minimum Gasteiger partial charge on any atom is -0.396 e. The van der Waals surface area contributed by atoms with Crippen molar-refractivity contribution in [2.24, 2.45) is 5.41 Å². The van der Waals surface area contributed by atoms with Crippen molar-refractivity contribution in [2.75, 3.05) is 6.61 Å². The molecule has 2 amide bonds. The number of nitrogens with zero attached hydrogens (tertiary/aromatic N) is 1. The Hall–Kier alpha value is -1.56. The fraction of sp³-hybridized carbons (Fsp3) is 0.765. The highest BCUT2D eigenvalue weighted by Crippen LogP contribution is 2.37. The van der Waals surface area contributed by atoms with Crippen LogP contribution in [0.5, 0.6) is 0 Å². The number of aliphatic hydroxyl groups excluding tert-OH is 1. The van der Waals surface area contributed by atoms with Gasteiger partial charge in [0, 0.05) is 23.4 Å². The molecule has 1 aromatic rings. The van der Waals surface area contributed by atoms with Crippen LogP contribution in [-0.2, 0) is 6.54 Å². The van der Waals surface area contributed by atoms with Gasteiger partial charge in [-0.05, 0) is 25.7 Å². The quantitative estimate of drug-likeness (QED) is 0.720. The van der Waals surface area contributed by atoms with Crippen LogP contribution in [-0.4, -0.2) is 28.9 Å². The predicted octanol–water partition coefficient (Wildman–Crippen LogP) is 2.93. The number of aliphatic hydroxyl groups is 1. The largest absolute Gasteiger partial charge is 0.396 e. The van der Waals surface area contributed by atoms with Crippen molar-refractivity contribution in [3.63, 3.8) is 0 Å². The van der Waals surface area contributed by atoms with Gasteiger partial charge < -0.3 is 20.3 Å². The molecule has 130 valence electrons. The molecule has 0 spiro atoms. The zero-order valence-corrected chi connectivity index (χ0v) is 14.4. The van der Waals surface area contributed by atoms with Gasteiger partial charge in [0.25, 0.3) is 0 Å². The number of amides is 2. The highest BCUT2D eigenvalue weighted by molar-refractivity contribution is 5.74. The number of hydrogen-bond donors (Lipinski definition) is 3. The van der Waals surface area contributed by atoms with E-state index < -0.39 is 0 Å². The molecule has 1 heterocycles. The average molecular weight is 323 g/mol. The predicted molar refractivity (Wildman–Crippen MR) is 88.0 cm³/mol. The number of carbonyl (C=O) groups is 1. The molecule has 3 N–H and O–H groups in total. The first-order valence-electron chi connectivity index (χ1n) is 8.63. The van der Waals surface area contributed by atoms with Crippen LogP contribution >= 0.6 is 0 Å². The van der Waals surface area contributed by atoms with Crippen LogP contribution in [0.2, 0.25) is 0 Å². The fourth-order valence-corrected chi connectivity index (χ4v) is 3.36. The van der Waals surface area contributed by atoms with Gasteiger partial charge in [-0.2, -0.15) is 0 Å². The highest BCUT2D eigenvalue weighted by atomic mass is 16.5. The monoisotopic (exact) mass is 323 g/mol. The Labute approximate surface area is 138 Å². The molecule has 1 aromatic heterocycles. The maximum absolute atomic E-state index is 12.1. The van der Waals surface area contributed by atoms with Crippen LogP contribution in [0.25, 0.3) is 0 Å². The summed E-state index contributed by atoms with van der Waals surface area (Å²) in [5.74, 6) is 1.07. The van der Waals surface area contributed by atoms with Gasteiger partial charge in [-0.15, -0.1) is 0 Å². The molecule has 2 unspecified atom stereocenters. The van der Waals surface area contributed by atoms with Gasteiger partial charge in [0.1, 0.15) is 0 Å². The number of nitrogens with one attached hydrogen (secondary N) is 2. The number of aromatic nitrogens is 1. The molecule has 1 fully saturated rings. The lowest BCUT2D eigenvalue weighted by Crippen LogP contribution is -2.48. The number of rotatable bonds is 7. The Morgan fingerprint density at radius 1 is 1.52 bits per heavy atom. The normalized spacial score (nSPS) is 24.1. The van der Waals surface area contributed by atoms with E-state index in [-0.39, 0.29) is 24.1 Å². The van der Waals surface area contributed by atoms with E-state index in [1.54, 1.807) is 0 Å². The van der Waals surface area contributed by atoms with Crippen molar-refractivity contribution in [2.45, 2.75) is 71.4 Å². The molecule has 0 aromatic carbocycles. The Balaban J connectivity index is 1.83. The first-order valence-corrected chi connectivity index (χ1v) is 8.63. The second-order valence-electron chi connectivity index (χ2n) is 6.82. The Bertz CT molecular complexity index is 513. The summed E-state index contributed by atoms with van der Waals surface area (Å²) in [6.07, 6.45) is 4.93. The average Bonchev–Trinajstić information content (AvgIpc) is 3.15. The third-order valence-corrected chi connectivity index (χ3v) is 5.15. The maximum atomic E-state index is 12.1. The van der Waals surface area contributed by atoms with E-state index in [2.05, 4.69) is 29.6 Å². The zero-order valence-electron chi connectivity index (χ0n) is 14.4. The molecule has 0 aliphatic heterocycles. The molecule has 1 saturated carbocycles. The van der Waals surface area contributed by atoms with Gasteiger partial charge in [0.2, 0.25) is 0 Å². The smallest absolute Gasteiger partial charge is 0.315 e. The molecule has 6 heteroatoms. The van der Waals surface area contributed by atoms with Gasteiger partial charge in [0.05, 0.1) is 18.8 Å². The second-order valence-corrected chi connectivity index (χ2v) is 6.82. The molecule has 1 aliphatic rings. The van der Waals surface area contributed by atoms with Crippen LogP contribution in [0, 0.1) is 5.41 Å². The van der Waals surface area contributed by atoms with Crippen molar-refractivity contribution in [3.05, 3.63) is 17.5 Å². The molecular formula is C17H29N3O3. The lowest BCUT2D eigenvalue weighted by atomic mass is 9.86. The molecule has 2 rings (SSSR count). The fourth-order valence-electron chi connectivity index (χ4n) is 3.36. The van der Waals surface area contributed by atoms with E-state index in [9.17, 15) is 9.90 Å². The minimum absolute atomic E-state index is 0.0161. The SMILES string of the molecule is CCC(CC)c1cc(CNC(=O)NC2CCCC2(C)CO)on1. The number of carbonyl (C=O) groups excluding carboxylic acids is 1. The molecule has 0 radical (unpaired) electrons. The summed E-state index contributed by atoms with van der Waals surface area (Å²) >= 11 is 0. The van der Waals surface area contributed by atoms with Crippen LogP contribution in [0.4, 0.5) is 4.79 Å². The van der Waals surface area contributed by atoms with E-state index in [1.165, 1.54) is 0 Å². The summed E-state index contributed by atoms with van der Waals surface area (Å²) in [6.45, 7) is 6.70. The molecule has 23 heavy (non-hydrogen) atoms. The van der Waals surface area contributed by atoms with E-state index in [4.69, 9.17) is 4.52 Å². The minimum atomic E-state index is -0.225. The molecular weight excluding hydrogens is 294 g/mol. The van der Waals surface area contributed by atoms with Crippen molar-refractivity contribution in [3.8, 4) is 0 Å². The first-order chi connectivity index (χ1) is 11.0. The standard InChI is InChI=1S/C17H29N3O3/c1-4-12(5-2)14-9-13(23-20-14)10-18-16(22)19-15-7-6-8-17(15,3)11-21/h9,12,15,21H,4-8,10-11H2,1-3H3,(H2,18,19,22).